The normalized spacial score (nSPS) is 10.0. The van der Waals surface area contributed by atoms with E-state index in [-0.39, 0.29) is 0 Å². The summed E-state index contributed by atoms with van der Waals surface area (Å²) >= 11 is 0. The predicted octanol–water partition coefficient (Wildman–Crippen LogP) is 1.39. The molecule has 4 heteroatoms. The van der Waals surface area contributed by atoms with Crippen LogP contribution in [0.15, 0.2) is 30.3 Å². The number of hydrogen-bond donors (Lipinski definition) is 0. The first-order valence-corrected chi connectivity index (χ1v) is 5.18. The Kier molecular flexibility index (Phi) is 7.04. The third kappa shape index (κ3) is 6.16. The van der Waals surface area contributed by atoms with Crippen LogP contribution in [0, 0.1) is 0 Å². The van der Waals surface area contributed by atoms with Crippen LogP contribution in [0.25, 0.3) is 0 Å². The topological polar surface area (TPSA) is 44.8 Å². The monoisotopic (exact) mass is 224 g/mol. The fourth-order valence-corrected chi connectivity index (χ4v) is 1.14. The molecular weight excluding hydrogens is 208 g/mol. The Morgan fingerprint density at radius 1 is 0.938 bits per heavy atom. The van der Waals surface area contributed by atoms with Crippen LogP contribution in [-0.2, 0) is 25.6 Å². The summed E-state index contributed by atoms with van der Waals surface area (Å²) in [6, 6.07) is 9.95. The number of rotatable bonds is 9. The molecule has 0 saturated heterocycles. The van der Waals surface area contributed by atoms with Crippen LogP contribution >= 0.6 is 0 Å². The summed E-state index contributed by atoms with van der Waals surface area (Å²) < 4.78 is 15.0. The minimum atomic E-state index is 0.294. The molecule has 0 aliphatic heterocycles. The zero-order valence-electron chi connectivity index (χ0n) is 9.13. The van der Waals surface area contributed by atoms with E-state index in [4.69, 9.17) is 9.47 Å². The molecule has 1 rings (SSSR count). The molecule has 0 aliphatic rings. The first-order chi connectivity index (χ1) is 7.93. The zero-order chi connectivity index (χ0) is 11.5. The zero-order valence-corrected chi connectivity index (χ0v) is 9.13. The third-order valence-corrected chi connectivity index (χ3v) is 1.90. The molecule has 0 amide bonds. The molecule has 1 aromatic carbocycles. The minimum absolute atomic E-state index is 0.294. The lowest BCUT2D eigenvalue weighted by Crippen LogP contribution is -2.08. The van der Waals surface area contributed by atoms with Crippen molar-refractivity contribution >= 4 is 6.47 Å². The lowest BCUT2D eigenvalue weighted by molar-refractivity contribution is -0.130. The Morgan fingerprint density at radius 3 is 2.38 bits per heavy atom. The van der Waals surface area contributed by atoms with E-state index in [0.717, 1.165) is 5.56 Å². The summed E-state index contributed by atoms with van der Waals surface area (Å²) in [5.41, 5.74) is 1.15. The fraction of sp³-hybridized carbons (Fsp3) is 0.417. The predicted molar refractivity (Wildman–Crippen MR) is 58.9 cm³/mol. The van der Waals surface area contributed by atoms with Crippen LogP contribution in [0.5, 0.6) is 0 Å². The molecular formula is C12H16O4. The third-order valence-electron chi connectivity index (χ3n) is 1.90. The van der Waals surface area contributed by atoms with Gasteiger partial charge in [-0.15, -0.1) is 0 Å². The molecule has 0 spiro atoms. The van der Waals surface area contributed by atoms with Crippen molar-refractivity contribution in [3.8, 4) is 0 Å². The second-order valence-electron chi connectivity index (χ2n) is 3.12. The molecule has 0 bridgehead atoms. The van der Waals surface area contributed by atoms with Crippen LogP contribution in [0.4, 0.5) is 0 Å². The molecule has 1 aromatic rings. The summed E-state index contributed by atoms with van der Waals surface area (Å²) in [6.45, 7) is 2.75. The number of carbonyl (C=O) groups excluding carboxylic acids is 1. The Bertz CT molecular complexity index is 274. The van der Waals surface area contributed by atoms with Gasteiger partial charge in [-0.3, -0.25) is 4.79 Å². The highest BCUT2D eigenvalue weighted by Gasteiger charge is 1.92. The SMILES string of the molecule is O=COCCOCCOCc1ccccc1. The molecule has 4 nitrogen and oxygen atoms in total. The number of carbonyl (C=O) groups is 1. The van der Waals surface area contributed by atoms with Gasteiger partial charge in [-0.05, 0) is 5.56 Å². The van der Waals surface area contributed by atoms with E-state index in [1.54, 1.807) is 0 Å². The average molecular weight is 224 g/mol. The van der Waals surface area contributed by atoms with E-state index in [2.05, 4.69) is 4.74 Å². The average Bonchev–Trinajstić information content (AvgIpc) is 2.34. The van der Waals surface area contributed by atoms with E-state index >= 15 is 0 Å². The molecule has 0 heterocycles. The van der Waals surface area contributed by atoms with Crippen LogP contribution in [0.2, 0.25) is 0 Å². The van der Waals surface area contributed by atoms with Crippen LogP contribution in [0.1, 0.15) is 5.56 Å². The molecule has 0 atom stereocenters. The molecule has 16 heavy (non-hydrogen) atoms. The molecule has 0 aliphatic carbocycles. The van der Waals surface area contributed by atoms with Crippen molar-refractivity contribution in [1.29, 1.82) is 0 Å². The van der Waals surface area contributed by atoms with E-state index in [1.165, 1.54) is 0 Å². The van der Waals surface area contributed by atoms with Gasteiger partial charge in [0.25, 0.3) is 6.47 Å². The van der Waals surface area contributed by atoms with Crippen molar-refractivity contribution in [2.75, 3.05) is 26.4 Å². The number of benzene rings is 1. The Balaban J connectivity index is 1.90. The molecule has 0 saturated carbocycles. The first-order valence-electron chi connectivity index (χ1n) is 5.18. The van der Waals surface area contributed by atoms with Gasteiger partial charge in [0.1, 0.15) is 6.61 Å². The molecule has 0 radical (unpaired) electrons. The van der Waals surface area contributed by atoms with Gasteiger partial charge < -0.3 is 14.2 Å². The highest BCUT2D eigenvalue weighted by molar-refractivity contribution is 5.36. The smallest absolute Gasteiger partial charge is 0.293 e. The summed E-state index contributed by atoms with van der Waals surface area (Å²) in [5.74, 6) is 0. The van der Waals surface area contributed by atoms with Crippen molar-refractivity contribution < 1.29 is 19.0 Å². The molecule has 88 valence electrons. The van der Waals surface area contributed by atoms with Crippen molar-refractivity contribution in [2.24, 2.45) is 0 Å². The van der Waals surface area contributed by atoms with E-state index in [0.29, 0.717) is 39.5 Å². The van der Waals surface area contributed by atoms with Gasteiger partial charge in [0.2, 0.25) is 0 Å². The number of hydrogen-bond acceptors (Lipinski definition) is 4. The maximum atomic E-state index is 9.79. The van der Waals surface area contributed by atoms with Crippen molar-refractivity contribution in [1.82, 2.24) is 0 Å². The highest BCUT2D eigenvalue weighted by Crippen LogP contribution is 1.99. The van der Waals surface area contributed by atoms with Gasteiger partial charge in [0, 0.05) is 0 Å². The second-order valence-corrected chi connectivity index (χ2v) is 3.12. The van der Waals surface area contributed by atoms with Gasteiger partial charge in [-0.1, -0.05) is 30.3 Å². The molecule has 0 unspecified atom stereocenters. The van der Waals surface area contributed by atoms with Crippen molar-refractivity contribution in [2.45, 2.75) is 6.61 Å². The van der Waals surface area contributed by atoms with Gasteiger partial charge >= 0.3 is 0 Å². The Labute approximate surface area is 95.1 Å². The van der Waals surface area contributed by atoms with Gasteiger partial charge in [-0.2, -0.15) is 0 Å². The summed E-state index contributed by atoms with van der Waals surface area (Å²) in [5, 5.41) is 0. The molecule has 0 aromatic heterocycles. The van der Waals surface area contributed by atoms with E-state index < -0.39 is 0 Å². The molecule has 0 fully saturated rings. The largest absolute Gasteiger partial charge is 0.465 e. The lowest BCUT2D eigenvalue weighted by Gasteiger charge is -2.05. The quantitative estimate of drug-likeness (QED) is 0.469. The summed E-state index contributed by atoms with van der Waals surface area (Å²) in [7, 11) is 0. The van der Waals surface area contributed by atoms with Gasteiger partial charge in [0.15, 0.2) is 0 Å². The fourth-order valence-electron chi connectivity index (χ4n) is 1.14. The summed E-state index contributed by atoms with van der Waals surface area (Å²) in [4.78, 5) is 9.79. The maximum absolute atomic E-state index is 9.79. The molecule has 0 N–H and O–H groups in total. The van der Waals surface area contributed by atoms with Crippen molar-refractivity contribution in [3.05, 3.63) is 35.9 Å². The Hall–Kier alpha value is -1.39. The second kappa shape index (κ2) is 8.88. The maximum Gasteiger partial charge on any atom is 0.293 e. The lowest BCUT2D eigenvalue weighted by atomic mass is 10.2. The van der Waals surface area contributed by atoms with Crippen molar-refractivity contribution in [3.63, 3.8) is 0 Å². The van der Waals surface area contributed by atoms with E-state index in [9.17, 15) is 4.79 Å². The highest BCUT2D eigenvalue weighted by atomic mass is 16.6. The number of ether oxygens (including phenoxy) is 3. The van der Waals surface area contributed by atoms with Crippen LogP contribution in [0.3, 0.4) is 0 Å². The summed E-state index contributed by atoms with van der Waals surface area (Å²) in [6.07, 6.45) is 0. The van der Waals surface area contributed by atoms with Crippen LogP contribution in [-0.4, -0.2) is 32.9 Å². The first kappa shape index (κ1) is 12.7. The van der Waals surface area contributed by atoms with E-state index in [1.807, 2.05) is 30.3 Å². The van der Waals surface area contributed by atoms with Gasteiger partial charge in [-0.25, -0.2) is 0 Å². The minimum Gasteiger partial charge on any atom is -0.465 e. The Morgan fingerprint density at radius 2 is 1.62 bits per heavy atom. The standard InChI is InChI=1S/C12H16O4/c13-11-16-9-7-14-6-8-15-10-12-4-2-1-3-5-12/h1-5,11H,6-10H2. The van der Waals surface area contributed by atoms with Gasteiger partial charge in [0.05, 0.1) is 26.4 Å². The van der Waals surface area contributed by atoms with Crippen LogP contribution < -0.4 is 0 Å².